The topological polar surface area (TPSA) is 56.1 Å². The number of nitrogens with zero attached hydrogens (tertiary/aromatic N) is 2. The summed E-state index contributed by atoms with van der Waals surface area (Å²) in [5.41, 5.74) is 9.79. The maximum atomic E-state index is 12.3. The van der Waals surface area contributed by atoms with E-state index in [4.69, 9.17) is 9.72 Å². The van der Waals surface area contributed by atoms with Gasteiger partial charge in [0.2, 0.25) is 0 Å². The maximum absolute atomic E-state index is 12.3. The molecule has 0 spiro atoms. The van der Waals surface area contributed by atoms with Gasteiger partial charge < -0.3 is 14.6 Å². The highest BCUT2D eigenvalue weighted by atomic mass is 16.5. The lowest BCUT2D eigenvalue weighted by Crippen LogP contribution is -2.27. The van der Waals surface area contributed by atoms with Crippen molar-refractivity contribution in [1.29, 1.82) is 0 Å². The number of aryl methyl sites for hydroxylation is 2. The van der Waals surface area contributed by atoms with Gasteiger partial charge in [-0.2, -0.15) is 0 Å². The first-order valence-corrected chi connectivity index (χ1v) is 16.0. The predicted octanol–water partition coefficient (Wildman–Crippen LogP) is 9.43. The SMILES string of the molecule is CCCCNC(=O)OCC(CCC)Cc1cn(-c2ccc(C(C)C)cc2)c2cnc(-c3c(CC)cccc3CC)cc12. The number of alkyl carbamates (subject to hydrolysis) is 1. The zero-order chi connectivity index (χ0) is 30.1. The van der Waals surface area contributed by atoms with Crippen molar-refractivity contribution in [3.05, 3.63) is 83.2 Å². The van der Waals surface area contributed by atoms with E-state index in [-0.39, 0.29) is 12.0 Å². The van der Waals surface area contributed by atoms with Gasteiger partial charge >= 0.3 is 6.09 Å². The summed E-state index contributed by atoms with van der Waals surface area (Å²) in [6.45, 7) is 14.3. The van der Waals surface area contributed by atoms with Crippen LogP contribution in [0.4, 0.5) is 4.79 Å². The molecule has 0 aliphatic heterocycles. The largest absolute Gasteiger partial charge is 0.449 e. The van der Waals surface area contributed by atoms with Gasteiger partial charge in [0.1, 0.15) is 0 Å². The fourth-order valence-electron chi connectivity index (χ4n) is 5.87. The molecule has 1 atom stereocenters. The minimum absolute atomic E-state index is 0.236. The van der Waals surface area contributed by atoms with Crippen LogP contribution in [0.25, 0.3) is 27.8 Å². The highest BCUT2D eigenvalue weighted by Gasteiger charge is 2.19. The van der Waals surface area contributed by atoms with E-state index in [1.54, 1.807) is 0 Å². The molecule has 0 saturated carbocycles. The summed E-state index contributed by atoms with van der Waals surface area (Å²) in [6, 6.07) is 17.8. The molecule has 5 heteroatoms. The number of benzene rings is 2. The van der Waals surface area contributed by atoms with Crippen molar-refractivity contribution in [2.75, 3.05) is 13.2 Å². The Bertz CT molecular complexity index is 1430. The van der Waals surface area contributed by atoms with Crippen LogP contribution in [-0.2, 0) is 24.0 Å². The average Bonchev–Trinajstić information content (AvgIpc) is 3.36. The molecule has 0 bridgehead atoms. The number of fused-ring (bicyclic) bond motifs is 1. The van der Waals surface area contributed by atoms with E-state index >= 15 is 0 Å². The van der Waals surface area contributed by atoms with Gasteiger partial charge in [-0.25, -0.2) is 4.79 Å². The lowest BCUT2D eigenvalue weighted by atomic mass is 9.93. The zero-order valence-corrected chi connectivity index (χ0v) is 26.5. The van der Waals surface area contributed by atoms with Crippen LogP contribution in [0.2, 0.25) is 0 Å². The number of hydrogen-bond acceptors (Lipinski definition) is 3. The summed E-state index contributed by atoms with van der Waals surface area (Å²) in [6.07, 6.45) is 10.8. The monoisotopic (exact) mass is 567 g/mol. The smallest absolute Gasteiger partial charge is 0.407 e. The summed E-state index contributed by atoms with van der Waals surface area (Å²) >= 11 is 0. The number of ether oxygens (including phenoxy) is 1. The van der Waals surface area contributed by atoms with E-state index in [0.29, 0.717) is 19.1 Å². The third-order valence-electron chi connectivity index (χ3n) is 8.32. The van der Waals surface area contributed by atoms with Crippen molar-refractivity contribution < 1.29 is 9.53 Å². The summed E-state index contributed by atoms with van der Waals surface area (Å²) in [4.78, 5) is 17.4. The van der Waals surface area contributed by atoms with Crippen LogP contribution in [-0.4, -0.2) is 28.8 Å². The highest BCUT2D eigenvalue weighted by Crippen LogP contribution is 2.34. The summed E-state index contributed by atoms with van der Waals surface area (Å²) < 4.78 is 7.98. The first kappa shape index (κ1) is 31.3. The van der Waals surface area contributed by atoms with Gasteiger partial charge in [0.25, 0.3) is 0 Å². The van der Waals surface area contributed by atoms with Crippen LogP contribution in [0.1, 0.15) is 95.4 Å². The molecule has 5 nitrogen and oxygen atoms in total. The fourth-order valence-corrected chi connectivity index (χ4v) is 5.87. The Labute approximate surface area is 252 Å². The molecule has 0 saturated heterocycles. The van der Waals surface area contributed by atoms with Crippen molar-refractivity contribution in [2.24, 2.45) is 5.92 Å². The molecular formula is C37H49N3O2. The second-order valence-electron chi connectivity index (χ2n) is 11.8. The number of rotatable bonds is 14. The highest BCUT2D eigenvalue weighted by molar-refractivity contribution is 5.89. The molecule has 0 aliphatic carbocycles. The van der Waals surface area contributed by atoms with Gasteiger partial charge in [0, 0.05) is 29.4 Å². The molecule has 0 radical (unpaired) electrons. The Balaban J connectivity index is 1.75. The normalized spacial score (nSPS) is 12.2. The van der Waals surface area contributed by atoms with E-state index < -0.39 is 0 Å². The maximum Gasteiger partial charge on any atom is 0.407 e. The second-order valence-corrected chi connectivity index (χ2v) is 11.8. The molecule has 1 amide bonds. The van der Waals surface area contributed by atoms with Gasteiger partial charge in [-0.3, -0.25) is 4.98 Å². The molecule has 2 heterocycles. The minimum Gasteiger partial charge on any atom is -0.449 e. The number of amides is 1. The van der Waals surface area contributed by atoms with Crippen LogP contribution in [0, 0.1) is 5.92 Å². The number of carbonyl (C=O) groups excluding carboxylic acids is 1. The van der Waals surface area contributed by atoms with Gasteiger partial charge in [-0.05, 0) is 84.4 Å². The molecule has 0 aliphatic rings. The minimum atomic E-state index is -0.313. The fraction of sp³-hybridized carbons (Fsp3) is 0.459. The van der Waals surface area contributed by atoms with Gasteiger partial charge in [-0.15, -0.1) is 0 Å². The van der Waals surface area contributed by atoms with E-state index in [9.17, 15) is 4.79 Å². The Hall–Kier alpha value is -3.60. The number of nitrogens with one attached hydrogen (secondary N) is 1. The summed E-state index contributed by atoms with van der Waals surface area (Å²) in [5.74, 6) is 0.723. The molecule has 224 valence electrons. The van der Waals surface area contributed by atoms with Crippen LogP contribution >= 0.6 is 0 Å². The first-order valence-electron chi connectivity index (χ1n) is 16.0. The molecule has 42 heavy (non-hydrogen) atoms. The van der Waals surface area contributed by atoms with Crippen molar-refractivity contribution in [1.82, 2.24) is 14.9 Å². The number of carbonyl (C=O) groups is 1. The standard InChI is InChI=1S/C37H49N3O2/c1-7-11-20-38-37(41)42-25-27(13-8-2)21-31-24-40(32-18-16-30(17-19-32)26(5)6)35-23-39-34(22-33(31)35)36-28(9-3)14-12-15-29(36)10-4/h12,14-19,22-24,26-27H,7-11,13,20-21,25H2,1-6H3,(H,38,41). The molecule has 4 aromatic rings. The second kappa shape index (κ2) is 15.0. The van der Waals surface area contributed by atoms with E-state index in [1.165, 1.54) is 33.2 Å². The number of pyridine rings is 1. The first-order chi connectivity index (χ1) is 20.4. The van der Waals surface area contributed by atoms with Crippen molar-refractivity contribution in [3.8, 4) is 16.9 Å². The van der Waals surface area contributed by atoms with E-state index in [2.05, 4.69) is 106 Å². The Morgan fingerprint density at radius 3 is 2.29 bits per heavy atom. The lowest BCUT2D eigenvalue weighted by Gasteiger charge is -2.17. The summed E-state index contributed by atoms with van der Waals surface area (Å²) in [5, 5.41) is 4.10. The van der Waals surface area contributed by atoms with Crippen LogP contribution in [0.3, 0.4) is 0 Å². The van der Waals surface area contributed by atoms with Crippen LogP contribution in [0.5, 0.6) is 0 Å². The Morgan fingerprint density at radius 1 is 0.952 bits per heavy atom. The Kier molecular flexibility index (Phi) is 11.2. The molecule has 2 aromatic heterocycles. The van der Waals surface area contributed by atoms with E-state index in [0.717, 1.165) is 61.8 Å². The summed E-state index contributed by atoms with van der Waals surface area (Å²) in [7, 11) is 0. The van der Waals surface area contributed by atoms with Gasteiger partial charge in [0.15, 0.2) is 0 Å². The molecule has 1 unspecified atom stereocenters. The lowest BCUT2D eigenvalue weighted by molar-refractivity contribution is 0.124. The number of unbranched alkanes of at least 4 members (excludes halogenated alkanes) is 1. The third-order valence-corrected chi connectivity index (χ3v) is 8.32. The quantitative estimate of drug-likeness (QED) is 0.154. The van der Waals surface area contributed by atoms with Crippen molar-refractivity contribution >= 4 is 17.0 Å². The molecule has 4 rings (SSSR count). The van der Waals surface area contributed by atoms with Gasteiger partial charge in [-0.1, -0.05) is 84.7 Å². The van der Waals surface area contributed by atoms with Crippen molar-refractivity contribution in [2.45, 2.75) is 92.4 Å². The Morgan fingerprint density at radius 2 is 1.67 bits per heavy atom. The number of hydrogen-bond donors (Lipinski definition) is 1. The van der Waals surface area contributed by atoms with Crippen LogP contribution in [0.15, 0.2) is 60.9 Å². The van der Waals surface area contributed by atoms with E-state index in [1.807, 2.05) is 6.20 Å². The predicted molar refractivity (Wildman–Crippen MR) is 176 cm³/mol. The molecular weight excluding hydrogens is 518 g/mol. The molecule has 0 fully saturated rings. The molecule has 2 aromatic carbocycles. The molecule has 1 N–H and O–H groups in total. The van der Waals surface area contributed by atoms with Gasteiger partial charge in [0.05, 0.1) is 24.0 Å². The zero-order valence-electron chi connectivity index (χ0n) is 26.5. The van der Waals surface area contributed by atoms with Crippen molar-refractivity contribution in [3.63, 3.8) is 0 Å². The third kappa shape index (κ3) is 7.42. The van der Waals surface area contributed by atoms with Crippen LogP contribution < -0.4 is 5.32 Å². The number of aromatic nitrogens is 2. The average molecular weight is 568 g/mol.